The lowest BCUT2D eigenvalue weighted by atomic mass is 9.92. The molecular formula is C13H16O4. The van der Waals surface area contributed by atoms with Crippen molar-refractivity contribution in [2.45, 2.75) is 25.7 Å². The Morgan fingerprint density at radius 2 is 1.71 bits per heavy atom. The van der Waals surface area contributed by atoms with Crippen molar-refractivity contribution < 1.29 is 19.8 Å². The van der Waals surface area contributed by atoms with Crippen molar-refractivity contribution in [1.82, 2.24) is 0 Å². The fourth-order valence-corrected chi connectivity index (χ4v) is 1.80. The molecule has 0 aliphatic heterocycles. The largest absolute Gasteiger partial charge is 0.481 e. The predicted molar refractivity (Wildman–Crippen MR) is 62.8 cm³/mol. The maximum Gasteiger partial charge on any atom is 0.303 e. The van der Waals surface area contributed by atoms with Crippen molar-refractivity contribution in [2.75, 3.05) is 0 Å². The zero-order chi connectivity index (χ0) is 12.7. The van der Waals surface area contributed by atoms with Gasteiger partial charge in [0.05, 0.1) is 0 Å². The molecule has 0 radical (unpaired) electrons. The van der Waals surface area contributed by atoms with E-state index in [1.54, 1.807) is 0 Å². The summed E-state index contributed by atoms with van der Waals surface area (Å²) in [5, 5.41) is 17.4. The first-order chi connectivity index (χ1) is 8.08. The molecule has 0 aliphatic carbocycles. The molecule has 4 heteroatoms. The molecule has 0 spiro atoms. The first-order valence-electron chi connectivity index (χ1n) is 5.55. The zero-order valence-electron chi connectivity index (χ0n) is 9.50. The summed E-state index contributed by atoms with van der Waals surface area (Å²) in [5.41, 5.74) is 1.05. The van der Waals surface area contributed by atoms with Crippen LogP contribution in [0.5, 0.6) is 0 Å². The lowest BCUT2D eigenvalue weighted by Gasteiger charge is -2.13. The quantitative estimate of drug-likeness (QED) is 0.761. The van der Waals surface area contributed by atoms with E-state index in [9.17, 15) is 9.59 Å². The molecule has 0 bridgehead atoms. The number of rotatable bonds is 7. The van der Waals surface area contributed by atoms with E-state index < -0.39 is 11.9 Å². The van der Waals surface area contributed by atoms with Crippen molar-refractivity contribution in [3.05, 3.63) is 35.9 Å². The van der Waals surface area contributed by atoms with Gasteiger partial charge in [0.1, 0.15) is 0 Å². The highest BCUT2D eigenvalue weighted by Gasteiger charge is 2.15. The molecule has 0 amide bonds. The summed E-state index contributed by atoms with van der Waals surface area (Å²) < 4.78 is 0. The van der Waals surface area contributed by atoms with Crippen LogP contribution in [0.25, 0.3) is 0 Å². The van der Waals surface area contributed by atoms with Gasteiger partial charge in [-0.25, -0.2) is 0 Å². The van der Waals surface area contributed by atoms with Gasteiger partial charge in [0.2, 0.25) is 0 Å². The van der Waals surface area contributed by atoms with Crippen LogP contribution in [0.3, 0.4) is 0 Å². The molecule has 0 saturated heterocycles. The van der Waals surface area contributed by atoms with Gasteiger partial charge in [-0.1, -0.05) is 30.3 Å². The third-order valence-electron chi connectivity index (χ3n) is 2.60. The number of aliphatic carboxylic acids is 2. The van der Waals surface area contributed by atoms with Crippen LogP contribution in [-0.4, -0.2) is 22.2 Å². The minimum Gasteiger partial charge on any atom is -0.481 e. The molecule has 92 valence electrons. The second-order valence-corrected chi connectivity index (χ2v) is 4.09. The van der Waals surface area contributed by atoms with Crippen molar-refractivity contribution >= 4 is 11.9 Å². The third-order valence-corrected chi connectivity index (χ3v) is 2.60. The smallest absolute Gasteiger partial charge is 0.303 e. The highest BCUT2D eigenvalue weighted by molar-refractivity contribution is 5.68. The molecule has 0 aromatic heterocycles. The van der Waals surface area contributed by atoms with Gasteiger partial charge in [0.15, 0.2) is 0 Å². The second-order valence-electron chi connectivity index (χ2n) is 4.09. The van der Waals surface area contributed by atoms with Gasteiger partial charge in [-0.3, -0.25) is 9.59 Å². The number of carbonyl (C=O) groups is 2. The molecule has 1 rings (SSSR count). The predicted octanol–water partition coefficient (Wildman–Crippen LogP) is 2.18. The van der Waals surface area contributed by atoms with Crippen LogP contribution in [0.1, 0.15) is 24.8 Å². The van der Waals surface area contributed by atoms with Gasteiger partial charge >= 0.3 is 11.9 Å². The number of carboxylic acids is 2. The lowest BCUT2D eigenvalue weighted by molar-refractivity contribution is -0.140. The topological polar surface area (TPSA) is 74.6 Å². The summed E-state index contributed by atoms with van der Waals surface area (Å²) in [4.78, 5) is 21.2. The molecular weight excluding hydrogens is 220 g/mol. The van der Waals surface area contributed by atoms with Crippen LogP contribution in [0.15, 0.2) is 30.3 Å². The van der Waals surface area contributed by atoms with Crippen LogP contribution in [-0.2, 0) is 16.0 Å². The molecule has 0 aliphatic rings. The summed E-state index contributed by atoms with van der Waals surface area (Å²) in [6.07, 6.45) is 1.05. The summed E-state index contributed by atoms with van der Waals surface area (Å²) in [6.45, 7) is 0. The van der Waals surface area contributed by atoms with Crippen LogP contribution < -0.4 is 0 Å². The Kier molecular flexibility index (Phi) is 5.20. The van der Waals surface area contributed by atoms with Crippen molar-refractivity contribution in [1.29, 1.82) is 0 Å². The first kappa shape index (κ1) is 13.2. The summed E-state index contributed by atoms with van der Waals surface area (Å²) >= 11 is 0. The zero-order valence-corrected chi connectivity index (χ0v) is 9.50. The van der Waals surface area contributed by atoms with Gasteiger partial charge in [0, 0.05) is 12.8 Å². The molecule has 1 aromatic rings. The van der Waals surface area contributed by atoms with E-state index in [1.165, 1.54) is 0 Å². The highest BCUT2D eigenvalue weighted by atomic mass is 16.4. The SMILES string of the molecule is O=C(O)CC[C@@H](CC(=O)O)Cc1ccccc1. The first-order valence-corrected chi connectivity index (χ1v) is 5.55. The van der Waals surface area contributed by atoms with Crippen LogP contribution in [0, 0.1) is 5.92 Å². The Bertz CT molecular complexity index is 372. The van der Waals surface area contributed by atoms with Gasteiger partial charge in [-0.2, -0.15) is 0 Å². The Morgan fingerprint density at radius 3 is 2.24 bits per heavy atom. The fraction of sp³-hybridized carbons (Fsp3) is 0.385. The number of hydrogen-bond acceptors (Lipinski definition) is 2. The van der Waals surface area contributed by atoms with E-state index >= 15 is 0 Å². The van der Waals surface area contributed by atoms with E-state index in [4.69, 9.17) is 10.2 Å². The normalized spacial score (nSPS) is 12.0. The van der Waals surface area contributed by atoms with Crippen molar-refractivity contribution in [3.63, 3.8) is 0 Å². The summed E-state index contributed by atoms with van der Waals surface area (Å²) in [6, 6.07) is 9.53. The van der Waals surface area contributed by atoms with Gasteiger partial charge in [-0.15, -0.1) is 0 Å². The molecule has 1 atom stereocenters. The lowest BCUT2D eigenvalue weighted by Crippen LogP contribution is -2.12. The Labute approximate surface area is 99.9 Å². The van der Waals surface area contributed by atoms with Crippen LogP contribution in [0.4, 0.5) is 0 Å². The summed E-state index contributed by atoms with van der Waals surface area (Å²) in [5.74, 6) is -1.88. The Hall–Kier alpha value is -1.84. The van der Waals surface area contributed by atoms with Crippen LogP contribution in [0.2, 0.25) is 0 Å². The van der Waals surface area contributed by atoms with Gasteiger partial charge in [0.25, 0.3) is 0 Å². The average Bonchev–Trinajstić information content (AvgIpc) is 2.26. The number of hydrogen-bond donors (Lipinski definition) is 2. The van der Waals surface area contributed by atoms with Crippen molar-refractivity contribution in [3.8, 4) is 0 Å². The average molecular weight is 236 g/mol. The van der Waals surface area contributed by atoms with Gasteiger partial charge in [-0.05, 0) is 24.3 Å². The minimum atomic E-state index is -0.881. The molecule has 0 heterocycles. The Morgan fingerprint density at radius 1 is 1.06 bits per heavy atom. The molecule has 2 N–H and O–H groups in total. The third kappa shape index (κ3) is 5.70. The molecule has 0 unspecified atom stereocenters. The van der Waals surface area contributed by atoms with E-state index in [2.05, 4.69) is 0 Å². The second kappa shape index (κ2) is 6.68. The van der Waals surface area contributed by atoms with E-state index in [0.29, 0.717) is 12.8 Å². The maximum atomic E-state index is 10.7. The van der Waals surface area contributed by atoms with Gasteiger partial charge < -0.3 is 10.2 Å². The highest BCUT2D eigenvalue weighted by Crippen LogP contribution is 2.17. The number of carboxylic acid groups (broad SMARTS) is 2. The van der Waals surface area contributed by atoms with Crippen molar-refractivity contribution in [2.24, 2.45) is 5.92 Å². The fourth-order valence-electron chi connectivity index (χ4n) is 1.80. The van der Waals surface area contributed by atoms with Crippen LogP contribution >= 0.6 is 0 Å². The monoisotopic (exact) mass is 236 g/mol. The van der Waals surface area contributed by atoms with E-state index in [1.807, 2.05) is 30.3 Å². The van der Waals surface area contributed by atoms with E-state index in [0.717, 1.165) is 5.56 Å². The maximum absolute atomic E-state index is 10.7. The number of benzene rings is 1. The molecule has 4 nitrogen and oxygen atoms in total. The van der Waals surface area contributed by atoms with E-state index in [-0.39, 0.29) is 18.8 Å². The molecule has 1 aromatic carbocycles. The minimum absolute atomic E-state index is 0.0160. The Balaban J connectivity index is 2.56. The molecule has 0 saturated carbocycles. The summed E-state index contributed by atoms with van der Waals surface area (Å²) in [7, 11) is 0. The molecule has 0 fully saturated rings. The standard InChI is InChI=1S/C13H16O4/c14-12(15)7-6-11(9-13(16)17)8-10-4-2-1-3-5-10/h1-5,11H,6-9H2,(H,14,15)(H,16,17)/t11-/m1/s1. The molecule has 17 heavy (non-hydrogen) atoms.